The first-order valence-corrected chi connectivity index (χ1v) is 6.67. The molecule has 3 nitrogen and oxygen atoms in total. The van der Waals surface area contributed by atoms with E-state index >= 15 is 0 Å². The van der Waals surface area contributed by atoms with Crippen LogP contribution in [0.4, 0.5) is 0 Å². The van der Waals surface area contributed by atoms with E-state index in [4.69, 9.17) is 4.74 Å². The monoisotopic (exact) mass is 259 g/mol. The van der Waals surface area contributed by atoms with Gasteiger partial charge in [-0.25, -0.2) is 0 Å². The summed E-state index contributed by atoms with van der Waals surface area (Å²) in [5.41, 5.74) is 2.08. The molecule has 2 aromatic rings. The van der Waals surface area contributed by atoms with Crippen LogP contribution in [-0.2, 0) is 11.2 Å². The van der Waals surface area contributed by atoms with Gasteiger partial charge >= 0.3 is 0 Å². The second kappa shape index (κ2) is 6.13. The number of aliphatic hydroxyl groups is 1. The van der Waals surface area contributed by atoms with Crippen LogP contribution in [0.1, 0.15) is 19.4 Å². The number of methoxy groups -OCH3 is 1. The van der Waals surface area contributed by atoms with Crippen LogP contribution >= 0.6 is 0 Å². The van der Waals surface area contributed by atoms with Crippen molar-refractivity contribution >= 4 is 10.9 Å². The topological polar surface area (TPSA) is 42.4 Å². The summed E-state index contributed by atoms with van der Waals surface area (Å²) < 4.78 is 5.39. The molecule has 0 bridgehead atoms. The summed E-state index contributed by atoms with van der Waals surface area (Å²) in [5, 5.41) is 11.4. The summed E-state index contributed by atoms with van der Waals surface area (Å²) >= 11 is 0. The molecule has 1 N–H and O–H groups in total. The third kappa shape index (κ3) is 3.11. The smallest absolute Gasteiger partial charge is 0.0856 e. The molecule has 1 heterocycles. The molecule has 1 aromatic heterocycles. The Labute approximate surface area is 114 Å². The Balaban J connectivity index is 2.26. The zero-order chi connectivity index (χ0) is 13.8. The standard InChI is InChI=1S/C16H21NO2/c1-11(2)16(19-3)15(18)10-12-8-9-17-14-7-5-4-6-13(12)14/h4-9,11,15-16,18H,10H2,1-3H3. The lowest BCUT2D eigenvalue weighted by Crippen LogP contribution is -2.34. The van der Waals surface area contributed by atoms with Crippen molar-refractivity contribution in [3.05, 3.63) is 42.1 Å². The number of aliphatic hydroxyl groups excluding tert-OH is 1. The molecule has 0 saturated heterocycles. The molecular weight excluding hydrogens is 238 g/mol. The van der Waals surface area contributed by atoms with Crippen molar-refractivity contribution in [2.24, 2.45) is 5.92 Å². The number of aromatic nitrogens is 1. The lowest BCUT2D eigenvalue weighted by molar-refractivity contribution is -0.0366. The van der Waals surface area contributed by atoms with Gasteiger partial charge < -0.3 is 9.84 Å². The maximum absolute atomic E-state index is 10.3. The minimum atomic E-state index is -0.504. The van der Waals surface area contributed by atoms with Gasteiger partial charge in [-0.15, -0.1) is 0 Å². The Hall–Kier alpha value is -1.45. The molecule has 0 aliphatic heterocycles. The molecule has 2 atom stereocenters. The maximum atomic E-state index is 10.3. The second-order valence-electron chi connectivity index (χ2n) is 5.20. The zero-order valence-electron chi connectivity index (χ0n) is 11.7. The molecule has 19 heavy (non-hydrogen) atoms. The molecule has 102 valence electrons. The minimum Gasteiger partial charge on any atom is -0.390 e. The van der Waals surface area contributed by atoms with Crippen molar-refractivity contribution < 1.29 is 9.84 Å². The van der Waals surface area contributed by atoms with Crippen LogP contribution < -0.4 is 0 Å². The molecule has 0 saturated carbocycles. The highest BCUT2D eigenvalue weighted by molar-refractivity contribution is 5.81. The van der Waals surface area contributed by atoms with E-state index in [2.05, 4.69) is 18.8 Å². The number of pyridine rings is 1. The summed E-state index contributed by atoms with van der Waals surface area (Å²) in [7, 11) is 1.65. The lowest BCUT2D eigenvalue weighted by Gasteiger charge is -2.25. The van der Waals surface area contributed by atoms with Crippen LogP contribution in [-0.4, -0.2) is 29.4 Å². The average Bonchev–Trinajstić information content (AvgIpc) is 2.39. The van der Waals surface area contributed by atoms with Crippen molar-refractivity contribution in [3.63, 3.8) is 0 Å². The fourth-order valence-electron chi connectivity index (χ4n) is 2.55. The van der Waals surface area contributed by atoms with Gasteiger partial charge in [0.1, 0.15) is 0 Å². The van der Waals surface area contributed by atoms with Gasteiger partial charge in [0, 0.05) is 25.1 Å². The number of para-hydroxylation sites is 1. The molecule has 3 heteroatoms. The molecule has 0 aliphatic rings. The molecule has 0 fully saturated rings. The van der Waals surface area contributed by atoms with Gasteiger partial charge in [-0.2, -0.15) is 0 Å². The second-order valence-corrected chi connectivity index (χ2v) is 5.20. The van der Waals surface area contributed by atoms with E-state index in [0.717, 1.165) is 16.5 Å². The fourth-order valence-corrected chi connectivity index (χ4v) is 2.55. The minimum absolute atomic E-state index is 0.146. The summed E-state index contributed by atoms with van der Waals surface area (Å²) in [6.07, 6.45) is 1.73. The molecule has 0 amide bonds. The number of hydrogen-bond donors (Lipinski definition) is 1. The first-order chi connectivity index (χ1) is 9.13. The number of hydrogen-bond acceptors (Lipinski definition) is 3. The molecule has 1 aromatic carbocycles. The van der Waals surface area contributed by atoms with E-state index < -0.39 is 6.10 Å². The fraction of sp³-hybridized carbons (Fsp3) is 0.438. The van der Waals surface area contributed by atoms with Crippen LogP contribution in [0, 0.1) is 5.92 Å². The molecule has 2 unspecified atom stereocenters. The Kier molecular flexibility index (Phi) is 4.51. The van der Waals surface area contributed by atoms with Crippen LogP contribution in [0.3, 0.4) is 0 Å². The van der Waals surface area contributed by atoms with Gasteiger partial charge in [0.05, 0.1) is 17.7 Å². The third-order valence-corrected chi connectivity index (χ3v) is 3.48. The summed E-state index contributed by atoms with van der Waals surface area (Å²) in [5.74, 6) is 0.285. The van der Waals surface area contributed by atoms with Crippen molar-refractivity contribution in [2.75, 3.05) is 7.11 Å². The highest BCUT2D eigenvalue weighted by Gasteiger charge is 2.23. The van der Waals surface area contributed by atoms with E-state index in [1.165, 1.54) is 0 Å². The zero-order valence-corrected chi connectivity index (χ0v) is 11.7. The average molecular weight is 259 g/mol. The van der Waals surface area contributed by atoms with E-state index in [-0.39, 0.29) is 12.0 Å². The number of nitrogens with zero attached hydrogens (tertiary/aromatic N) is 1. The Bertz CT molecular complexity index is 534. The highest BCUT2D eigenvalue weighted by Crippen LogP contribution is 2.20. The molecule has 2 rings (SSSR count). The predicted molar refractivity (Wildman–Crippen MR) is 77.1 cm³/mol. The maximum Gasteiger partial charge on any atom is 0.0856 e. The quantitative estimate of drug-likeness (QED) is 0.897. The van der Waals surface area contributed by atoms with Crippen molar-refractivity contribution in [1.82, 2.24) is 4.98 Å². The number of ether oxygens (including phenoxy) is 1. The summed E-state index contributed by atoms with van der Waals surface area (Å²) in [6.45, 7) is 4.12. The van der Waals surface area contributed by atoms with E-state index in [0.29, 0.717) is 6.42 Å². The van der Waals surface area contributed by atoms with Gasteiger partial charge in [-0.05, 0) is 23.6 Å². The third-order valence-electron chi connectivity index (χ3n) is 3.48. The summed E-state index contributed by atoms with van der Waals surface area (Å²) in [6, 6.07) is 9.97. The highest BCUT2D eigenvalue weighted by atomic mass is 16.5. The SMILES string of the molecule is COC(C(C)C)C(O)Cc1ccnc2ccccc12. The van der Waals surface area contributed by atoms with Crippen molar-refractivity contribution in [1.29, 1.82) is 0 Å². The van der Waals surface area contributed by atoms with Gasteiger partial charge in [-0.3, -0.25) is 4.98 Å². The van der Waals surface area contributed by atoms with Crippen LogP contribution in [0.25, 0.3) is 10.9 Å². The molecule has 0 radical (unpaired) electrons. The van der Waals surface area contributed by atoms with E-state index in [9.17, 15) is 5.11 Å². The van der Waals surface area contributed by atoms with Crippen molar-refractivity contribution in [2.45, 2.75) is 32.5 Å². The van der Waals surface area contributed by atoms with Crippen LogP contribution in [0.5, 0.6) is 0 Å². The van der Waals surface area contributed by atoms with Crippen molar-refractivity contribution in [3.8, 4) is 0 Å². The number of fused-ring (bicyclic) bond motifs is 1. The van der Waals surface area contributed by atoms with Gasteiger partial charge in [0.2, 0.25) is 0 Å². The first-order valence-electron chi connectivity index (χ1n) is 6.67. The number of rotatable bonds is 5. The Morgan fingerprint density at radius 3 is 2.63 bits per heavy atom. The normalized spacial score (nSPS) is 14.8. The lowest BCUT2D eigenvalue weighted by atomic mass is 9.95. The van der Waals surface area contributed by atoms with Crippen LogP contribution in [0.15, 0.2) is 36.5 Å². The molecular formula is C16H21NO2. The first kappa shape index (κ1) is 14.0. The van der Waals surface area contributed by atoms with E-state index in [1.54, 1.807) is 13.3 Å². The van der Waals surface area contributed by atoms with Crippen LogP contribution in [0.2, 0.25) is 0 Å². The predicted octanol–water partition coefficient (Wildman–Crippen LogP) is 2.81. The Morgan fingerprint density at radius 1 is 1.21 bits per heavy atom. The van der Waals surface area contributed by atoms with E-state index in [1.807, 2.05) is 30.3 Å². The van der Waals surface area contributed by atoms with Gasteiger partial charge in [0.25, 0.3) is 0 Å². The summed E-state index contributed by atoms with van der Waals surface area (Å²) in [4.78, 5) is 4.34. The largest absolute Gasteiger partial charge is 0.390 e. The van der Waals surface area contributed by atoms with Gasteiger partial charge in [-0.1, -0.05) is 32.0 Å². The molecule has 0 aliphatic carbocycles. The molecule has 0 spiro atoms. The van der Waals surface area contributed by atoms with Gasteiger partial charge in [0.15, 0.2) is 0 Å². The Morgan fingerprint density at radius 2 is 1.95 bits per heavy atom. The number of benzene rings is 1.